The maximum absolute atomic E-state index is 13.2. The maximum Gasteiger partial charge on any atom is 0.417 e. The Morgan fingerprint density at radius 1 is 1.37 bits per heavy atom. The van der Waals surface area contributed by atoms with Crippen LogP contribution in [0.4, 0.5) is 13.2 Å². The zero-order valence-corrected chi connectivity index (χ0v) is 16.5. The van der Waals surface area contributed by atoms with Crippen molar-refractivity contribution in [3.63, 3.8) is 0 Å². The zero-order valence-electron chi connectivity index (χ0n) is 14.1. The molecule has 2 heterocycles. The van der Waals surface area contributed by atoms with E-state index in [-0.39, 0.29) is 10.5 Å². The Labute approximate surface area is 166 Å². The van der Waals surface area contributed by atoms with Gasteiger partial charge in [0.25, 0.3) is 5.56 Å². The highest BCUT2D eigenvalue weighted by molar-refractivity contribution is 7.71. The third-order valence-electron chi connectivity index (χ3n) is 4.87. The van der Waals surface area contributed by atoms with Crippen LogP contribution in [0.25, 0.3) is 15.9 Å². The molecule has 0 spiro atoms. The van der Waals surface area contributed by atoms with E-state index < -0.39 is 22.3 Å². The van der Waals surface area contributed by atoms with Crippen molar-refractivity contribution in [3.8, 4) is 5.69 Å². The second kappa shape index (κ2) is 6.46. The average molecular weight is 431 g/mol. The highest BCUT2D eigenvalue weighted by Crippen LogP contribution is 2.37. The first-order valence-electron chi connectivity index (χ1n) is 8.33. The Balaban J connectivity index is 1.99. The van der Waals surface area contributed by atoms with Gasteiger partial charge in [-0.05, 0) is 61.2 Å². The van der Waals surface area contributed by atoms with E-state index in [0.717, 1.165) is 46.4 Å². The van der Waals surface area contributed by atoms with Gasteiger partial charge in [0.1, 0.15) is 4.83 Å². The number of hydrogen-bond acceptors (Lipinski definition) is 3. The van der Waals surface area contributed by atoms with Crippen molar-refractivity contribution in [2.24, 2.45) is 5.92 Å². The number of fused-ring (bicyclic) bond motifs is 3. The molecular weight excluding hydrogens is 417 g/mol. The summed E-state index contributed by atoms with van der Waals surface area (Å²) in [7, 11) is 0. The van der Waals surface area contributed by atoms with Crippen molar-refractivity contribution in [3.05, 3.63) is 54.4 Å². The monoisotopic (exact) mass is 430 g/mol. The molecule has 3 aromatic rings. The summed E-state index contributed by atoms with van der Waals surface area (Å²) in [6.45, 7) is 2.17. The van der Waals surface area contributed by atoms with Gasteiger partial charge in [-0.25, -0.2) is 0 Å². The molecule has 4 rings (SSSR count). The number of nitrogens with zero attached hydrogens (tertiary/aromatic N) is 1. The zero-order chi connectivity index (χ0) is 19.5. The molecule has 1 N–H and O–H groups in total. The van der Waals surface area contributed by atoms with Gasteiger partial charge in [0.05, 0.1) is 21.7 Å². The fourth-order valence-electron chi connectivity index (χ4n) is 3.53. The summed E-state index contributed by atoms with van der Waals surface area (Å²) >= 11 is 12.5. The Kier molecular flexibility index (Phi) is 4.48. The lowest BCUT2D eigenvalue weighted by Gasteiger charge is -2.17. The largest absolute Gasteiger partial charge is 0.417 e. The van der Waals surface area contributed by atoms with Gasteiger partial charge in [0.2, 0.25) is 0 Å². The van der Waals surface area contributed by atoms with Crippen LogP contribution in [0.3, 0.4) is 0 Å². The lowest BCUT2D eigenvalue weighted by atomic mass is 9.89. The number of aromatic nitrogens is 2. The van der Waals surface area contributed by atoms with Crippen LogP contribution < -0.4 is 5.56 Å². The Morgan fingerprint density at radius 3 is 2.81 bits per heavy atom. The Bertz CT molecular complexity index is 1180. The first-order valence-corrected chi connectivity index (χ1v) is 9.93. The van der Waals surface area contributed by atoms with E-state index in [1.165, 1.54) is 17.4 Å². The summed E-state index contributed by atoms with van der Waals surface area (Å²) in [4.78, 5) is 18.0. The molecule has 142 valence electrons. The molecule has 0 aliphatic heterocycles. The van der Waals surface area contributed by atoms with Gasteiger partial charge >= 0.3 is 6.18 Å². The fraction of sp³-hybridized carbons (Fsp3) is 0.333. The van der Waals surface area contributed by atoms with E-state index in [0.29, 0.717) is 16.1 Å². The predicted octanol–water partition coefficient (Wildman–Crippen LogP) is 5.91. The normalized spacial score (nSPS) is 17.3. The number of benzene rings is 1. The quantitative estimate of drug-likeness (QED) is 0.487. The number of thiophene rings is 1. The molecule has 1 atom stereocenters. The number of rotatable bonds is 1. The molecule has 27 heavy (non-hydrogen) atoms. The van der Waals surface area contributed by atoms with Crippen molar-refractivity contribution in [1.82, 2.24) is 9.55 Å². The number of alkyl halides is 3. The predicted molar refractivity (Wildman–Crippen MR) is 104 cm³/mol. The second-order valence-electron chi connectivity index (χ2n) is 6.79. The van der Waals surface area contributed by atoms with Gasteiger partial charge in [-0.3, -0.25) is 9.36 Å². The molecule has 0 fully saturated rings. The van der Waals surface area contributed by atoms with E-state index in [2.05, 4.69) is 11.9 Å². The summed E-state index contributed by atoms with van der Waals surface area (Å²) in [5.74, 6) is 0.543. The lowest BCUT2D eigenvalue weighted by molar-refractivity contribution is -0.137. The third kappa shape index (κ3) is 3.13. The van der Waals surface area contributed by atoms with E-state index in [1.54, 1.807) is 0 Å². The standard InChI is InChI=1S/C18H14ClF3N2OS2/c1-8-2-4-10-13(6-8)27-15-14(10)16(25)24(17(26)23-15)9-3-5-12(19)11(7-9)18(20,21)22/h3,5,7-8H,2,4,6H2,1H3,(H,23,26)/t8-/m1/s1. The summed E-state index contributed by atoms with van der Waals surface area (Å²) < 4.78 is 40.8. The summed E-state index contributed by atoms with van der Waals surface area (Å²) in [6.07, 6.45) is -1.96. The molecular formula is C18H14ClF3N2OS2. The van der Waals surface area contributed by atoms with Gasteiger partial charge in [0.15, 0.2) is 4.77 Å². The molecule has 0 saturated carbocycles. The van der Waals surface area contributed by atoms with Crippen molar-refractivity contribution in [2.75, 3.05) is 0 Å². The van der Waals surface area contributed by atoms with E-state index in [9.17, 15) is 18.0 Å². The summed E-state index contributed by atoms with van der Waals surface area (Å²) in [6, 6.07) is 3.37. The second-order valence-corrected chi connectivity index (χ2v) is 8.69. The molecule has 0 amide bonds. The highest BCUT2D eigenvalue weighted by Gasteiger charge is 2.34. The Hall–Kier alpha value is -1.64. The molecule has 2 aromatic heterocycles. The first kappa shape index (κ1) is 18.7. The van der Waals surface area contributed by atoms with Crippen LogP contribution in [0.1, 0.15) is 29.3 Å². The van der Waals surface area contributed by atoms with Crippen LogP contribution in [0, 0.1) is 10.7 Å². The summed E-state index contributed by atoms with van der Waals surface area (Å²) in [5.41, 5.74) is -0.354. The number of aryl methyl sites for hydroxylation is 1. The van der Waals surface area contributed by atoms with Crippen LogP contribution >= 0.6 is 35.2 Å². The average Bonchev–Trinajstić information content (AvgIpc) is 2.92. The molecule has 9 heteroatoms. The number of nitrogens with one attached hydrogen (secondary N) is 1. The smallest absolute Gasteiger partial charge is 0.323 e. The van der Waals surface area contributed by atoms with Crippen molar-refractivity contribution in [2.45, 2.75) is 32.4 Å². The molecule has 1 aliphatic carbocycles. The molecule has 1 aliphatic rings. The molecule has 0 unspecified atom stereocenters. The number of hydrogen-bond donors (Lipinski definition) is 1. The molecule has 0 radical (unpaired) electrons. The van der Waals surface area contributed by atoms with Crippen LogP contribution in [-0.4, -0.2) is 9.55 Å². The molecule has 1 aromatic carbocycles. The topological polar surface area (TPSA) is 37.8 Å². The minimum absolute atomic E-state index is 0.0454. The molecule has 0 saturated heterocycles. The lowest BCUT2D eigenvalue weighted by Crippen LogP contribution is -2.22. The van der Waals surface area contributed by atoms with Gasteiger partial charge in [-0.15, -0.1) is 11.3 Å². The number of aromatic amines is 1. The van der Waals surface area contributed by atoms with E-state index >= 15 is 0 Å². The maximum atomic E-state index is 13.2. The van der Waals surface area contributed by atoms with E-state index in [1.807, 2.05) is 0 Å². The molecule has 3 nitrogen and oxygen atoms in total. The van der Waals surface area contributed by atoms with Crippen LogP contribution in [0.2, 0.25) is 5.02 Å². The SMILES string of the molecule is C[C@@H]1CCc2c(sc3[nH]c(=S)n(-c4ccc(Cl)c(C(F)(F)F)c4)c(=O)c23)C1. The number of H-pyrrole nitrogens is 1. The molecule has 0 bridgehead atoms. The third-order valence-corrected chi connectivity index (χ3v) is 6.65. The van der Waals surface area contributed by atoms with Gasteiger partial charge in [0, 0.05) is 4.88 Å². The Morgan fingerprint density at radius 2 is 2.11 bits per heavy atom. The first-order chi connectivity index (χ1) is 12.7. The van der Waals surface area contributed by atoms with Crippen molar-refractivity contribution >= 4 is 45.4 Å². The van der Waals surface area contributed by atoms with Crippen LogP contribution in [0.5, 0.6) is 0 Å². The highest BCUT2D eigenvalue weighted by atomic mass is 35.5. The van der Waals surface area contributed by atoms with Gasteiger partial charge in [-0.1, -0.05) is 18.5 Å². The fourth-order valence-corrected chi connectivity index (χ4v) is 5.51. The van der Waals surface area contributed by atoms with Crippen LogP contribution in [0.15, 0.2) is 23.0 Å². The minimum atomic E-state index is -4.62. The van der Waals surface area contributed by atoms with Crippen molar-refractivity contribution < 1.29 is 13.2 Å². The number of halogens is 4. The van der Waals surface area contributed by atoms with Crippen LogP contribution in [-0.2, 0) is 19.0 Å². The van der Waals surface area contributed by atoms with Gasteiger partial charge < -0.3 is 4.98 Å². The summed E-state index contributed by atoms with van der Waals surface area (Å²) in [5, 5.41) is 0.108. The van der Waals surface area contributed by atoms with Gasteiger partial charge in [-0.2, -0.15) is 13.2 Å². The van der Waals surface area contributed by atoms with E-state index in [4.69, 9.17) is 23.8 Å². The van der Waals surface area contributed by atoms with Crippen molar-refractivity contribution in [1.29, 1.82) is 0 Å². The minimum Gasteiger partial charge on any atom is -0.323 e.